The summed E-state index contributed by atoms with van der Waals surface area (Å²) in [4.78, 5) is 8.78. The minimum atomic E-state index is -1.80. The summed E-state index contributed by atoms with van der Waals surface area (Å²) < 4.78 is 8.61. The van der Waals surface area contributed by atoms with Crippen LogP contribution in [0.4, 0.5) is 5.82 Å². The normalized spacial score (nSPS) is 12.3. The van der Waals surface area contributed by atoms with Crippen molar-refractivity contribution in [3.05, 3.63) is 78.8 Å². The van der Waals surface area contributed by atoms with E-state index >= 15 is 0 Å². The Kier molecular flexibility index (Phi) is 5.99. The number of nitrogens with zero attached hydrogens (tertiary/aromatic N) is 3. The first-order valence-corrected chi connectivity index (χ1v) is 14.1. The van der Waals surface area contributed by atoms with E-state index in [2.05, 4.69) is 85.3 Å². The molecule has 2 N–H and O–H groups in total. The van der Waals surface area contributed by atoms with E-state index in [0.717, 1.165) is 39.1 Å². The lowest BCUT2D eigenvalue weighted by Gasteiger charge is -2.36. The Balaban J connectivity index is 1.76. The summed E-state index contributed by atoms with van der Waals surface area (Å²) in [5, 5.41) is 1.22. The van der Waals surface area contributed by atoms with Crippen molar-refractivity contribution >= 4 is 31.1 Å². The predicted molar refractivity (Wildman–Crippen MR) is 141 cm³/mol. The van der Waals surface area contributed by atoms with Crippen LogP contribution in [0, 0.1) is 0 Å². The van der Waals surface area contributed by atoms with Crippen LogP contribution in [0.15, 0.2) is 67.5 Å². The Morgan fingerprint density at radius 1 is 1.09 bits per heavy atom. The van der Waals surface area contributed by atoms with Crippen LogP contribution in [-0.2, 0) is 11.0 Å². The smallest absolute Gasteiger partial charge is 0.192 e. The van der Waals surface area contributed by atoms with E-state index in [1.54, 1.807) is 12.3 Å². The van der Waals surface area contributed by atoms with Gasteiger partial charge in [-0.15, -0.1) is 0 Å². The molecule has 170 valence electrons. The number of aromatic nitrogens is 3. The van der Waals surface area contributed by atoms with Crippen molar-refractivity contribution in [3.63, 3.8) is 0 Å². The number of anilines is 1. The molecule has 0 saturated heterocycles. The second kappa shape index (κ2) is 8.61. The van der Waals surface area contributed by atoms with Crippen LogP contribution in [0.5, 0.6) is 0 Å². The Hall–Kier alpha value is -3.22. The van der Waals surface area contributed by atoms with Crippen LogP contribution < -0.4 is 5.73 Å². The van der Waals surface area contributed by atoms with Gasteiger partial charge in [0, 0.05) is 29.0 Å². The molecule has 0 saturated carbocycles. The van der Waals surface area contributed by atoms with Gasteiger partial charge in [-0.3, -0.25) is 4.98 Å². The Bertz CT molecular complexity index is 1300. The molecule has 0 unspecified atom stereocenters. The van der Waals surface area contributed by atoms with Crippen LogP contribution in [0.3, 0.4) is 0 Å². The van der Waals surface area contributed by atoms with E-state index in [0.29, 0.717) is 12.4 Å². The summed E-state index contributed by atoms with van der Waals surface area (Å²) in [5.74, 6) is 0.498. The summed E-state index contributed by atoms with van der Waals surface area (Å²) in [5.41, 5.74) is 12.2. The maximum absolute atomic E-state index is 6.41. The molecule has 0 aliphatic heterocycles. The maximum atomic E-state index is 6.41. The molecule has 0 spiro atoms. The van der Waals surface area contributed by atoms with Crippen molar-refractivity contribution in [1.29, 1.82) is 0 Å². The maximum Gasteiger partial charge on any atom is 0.192 e. The molecule has 5 nitrogen and oxygen atoms in total. The Morgan fingerprint density at radius 2 is 1.82 bits per heavy atom. The van der Waals surface area contributed by atoms with Crippen LogP contribution in [0.1, 0.15) is 32.0 Å². The molecule has 4 rings (SSSR count). The number of nitrogen functional groups attached to an aromatic ring is 1. The van der Waals surface area contributed by atoms with E-state index in [9.17, 15) is 0 Å². The van der Waals surface area contributed by atoms with Crippen LogP contribution >= 0.6 is 0 Å². The lowest BCUT2D eigenvalue weighted by atomic mass is 10.1. The first kappa shape index (κ1) is 23.0. The van der Waals surface area contributed by atoms with Crippen molar-refractivity contribution in [2.45, 2.75) is 45.5 Å². The van der Waals surface area contributed by atoms with Crippen LogP contribution in [0.2, 0.25) is 18.1 Å². The largest absolute Gasteiger partial charge is 0.413 e. The molecule has 0 bridgehead atoms. The topological polar surface area (TPSA) is 66.0 Å². The highest BCUT2D eigenvalue weighted by Gasteiger charge is 2.37. The van der Waals surface area contributed by atoms with E-state index in [1.165, 1.54) is 0 Å². The van der Waals surface area contributed by atoms with Gasteiger partial charge >= 0.3 is 0 Å². The van der Waals surface area contributed by atoms with E-state index in [4.69, 9.17) is 10.2 Å². The molecule has 0 radical (unpaired) electrons. The summed E-state index contributed by atoms with van der Waals surface area (Å²) in [6, 6.07) is 16.6. The van der Waals surface area contributed by atoms with E-state index in [1.807, 2.05) is 24.4 Å². The fourth-order valence-corrected chi connectivity index (χ4v) is 4.52. The standard InChI is InChI=1S/C27H32N4OSi/c1-7-21-16-24-20(17-30-21)15-25(23-9-8-14-29-26(23)28)31(24)22-12-10-19(11-13-22)18-32-33(5,6)27(2,3)4/h7-17H,1,18H2,2-6H3,(H2,28,29). The number of hydrogen-bond acceptors (Lipinski definition) is 4. The molecule has 0 aliphatic rings. The average molecular weight is 457 g/mol. The quantitative estimate of drug-likeness (QED) is 0.323. The molecule has 0 amide bonds. The van der Waals surface area contributed by atoms with Gasteiger partial charge in [0.2, 0.25) is 0 Å². The molecule has 0 fully saturated rings. The zero-order valence-electron chi connectivity index (χ0n) is 20.1. The van der Waals surface area contributed by atoms with Crippen LogP contribution in [-0.4, -0.2) is 22.9 Å². The highest BCUT2D eigenvalue weighted by molar-refractivity contribution is 6.74. The second-order valence-corrected chi connectivity index (χ2v) is 14.7. The predicted octanol–water partition coefficient (Wildman–Crippen LogP) is 6.83. The lowest BCUT2D eigenvalue weighted by Crippen LogP contribution is -2.40. The monoisotopic (exact) mass is 456 g/mol. The number of rotatable bonds is 6. The Morgan fingerprint density at radius 3 is 2.45 bits per heavy atom. The molecule has 6 heteroatoms. The van der Waals surface area contributed by atoms with Gasteiger partial charge in [-0.2, -0.15) is 0 Å². The van der Waals surface area contributed by atoms with Gasteiger partial charge < -0.3 is 14.7 Å². The van der Waals surface area contributed by atoms with Gasteiger partial charge in [-0.25, -0.2) is 4.98 Å². The van der Waals surface area contributed by atoms with Crippen molar-refractivity contribution in [2.75, 3.05) is 5.73 Å². The summed E-state index contributed by atoms with van der Waals surface area (Å²) in [6.07, 6.45) is 5.34. The molecule has 0 atom stereocenters. The fraction of sp³-hybridized carbons (Fsp3) is 0.259. The Labute approximate surface area is 197 Å². The van der Waals surface area contributed by atoms with Crippen molar-refractivity contribution in [1.82, 2.24) is 14.5 Å². The number of nitrogens with two attached hydrogens (primary N) is 1. The molecule has 3 aromatic heterocycles. The number of pyridine rings is 2. The number of benzene rings is 1. The summed E-state index contributed by atoms with van der Waals surface area (Å²) >= 11 is 0. The second-order valence-electron chi connectivity index (χ2n) is 9.89. The third-order valence-electron chi connectivity index (χ3n) is 6.63. The zero-order valence-corrected chi connectivity index (χ0v) is 21.1. The van der Waals surface area contributed by atoms with Gasteiger partial charge in [0.05, 0.1) is 23.5 Å². The molecular formula is C27H32N4OSi. The van der Waals surface area contributed by atoms with Crippen molar-refractivity contribution in [2.24, 2.45) is 0 Å². The molecule has 4 aromatic rings. The lowest BCUT2D eigenvalue weighted by molar-refractivity contribution is 0.276. The molecule has 0 aliphatic carbocycles. The average Bonchev–Trinajstić information content (AvgIpc) is 3.16. The highest BCUT2D eigenvalue weighted by Crippen LogP contribution is 2.37. The molecular weight excluding hydrogens is 424 g/mol. The zero-order chi connectivity index (χ0) is 23.8. The van der Waals surface area contributed by atoms with Gasteiger partial charge in [-0.05, 0) is 66.2 Å². The number of hydrogen-bond donors (Lipinski definition) is 1. The van der Waals surface area contributed by atoms with Crippen molar-refractivity contribution in [3.8, 4) is 16.9 Å². The molecule has 1 aromatic carbocycles. The van der Waals surface area contributed by atoms with Gasteiger partial charge in [0.15, 0.2) is 8.32 Å². The van der Waals surface area contributed by atoms with Crippen molar-refractivity contribution < 1.29 is 4.43 Å². The number of fused-ring (bicyclic) bond motifs is 1. The van der Waals surface area contributed by atoms with E-state index in [-0.39, 0.29) is 5.04 Å². The van der Waals surface area contributed by atoms with Crippen LogP contribution in [0.25, 0.3) is 33.9 Å². The minimum absolute atomic E-state index is 0.187. The third kappa shape index (κ3) is 4.49. The first-order valence-electron chi connectivity index (χ1n) is 11.2. The third-order valence-corrected chi connectivity index (χ3v) is 11.1. The van der Waals surface area contributed by atoms with Gasteiger partial charge in [0.25, 0.3) is 0 Å². The fourth-order valence-electron chi connectivity index (χ4n) is 3.56. The molecule has 33 heavy (non-hydrogen) atoms. The first-order chi connectivity index (χ1) is 15.6. The van der Waals surface area contributed by atoms with E-state index < -0.39 is 8.32 Å². The summed E-state index contributed by atoms with van der Waals surface area (Å²) in [7, 11) is -1.80. The van der Waals surface area contributed by atoms with Gasteiger partial charge in [-0.1, -0.05) is 39.5 Å². The van der Waals surface area contributed by atoms with Gasteiger partial charge in [0.1, 0.15) is 5.82 Å². The summed E-state index contributed by atoms with van der Waals surface area (Å²) in [6.45, 7) is 15.8. The highest BCUT2D eigenvalue weighted by atomic mass is 28.4. The molecule has 3 heterocycles. The minimum Gasteiger partial charge on any atom is -0.413 e. The SMILES string of the molecule is C=Cc1cc2c(cn1)cc(-c1cccnc1N)n2-c1ccc(CO[Si](C)(C)C(C)(C)C)cc1.